The number of hydrazine groups is 1. The summed E-state index contributed by atoms with van der Waals surface area (Å²) < 4.78 is 0.657. The van der Waals surface area contributed by atoms with Gasteiger partial charge in [0.1, 0.15) is 0 Å². The smallest absolute Gasteiger partial charge is 0.270 e. The van der Waals surface area contributed by atoms with Crippen LogP contribution in [0.25, 0.3) is 6.08 Å². The Hall–Kier alpha value is -2.51. The molecule has 2 amide bonds. The van der Waals surface area contributed by atoms with Crippen LogP contribution in [0.2, 0.25) is 0 Å². The van der Waals surface area contributed by atoms with E-state index in [1.807, 2.05) is 30.3 Å². The number of benzene rings is 2. The Balaban J connectivity index is 1.81. The van der Waals surface area contributed by atoms with Crippen molar-refractivity contribution in [3.05, 3.63) is 76.3 Å². The van der Waals surface area contributed by atoms with Gasteiger partial charge < -0.3 is 0 Å². The van der Waals surface area contributed by atoms with Crippen molar-refractivity contribution >= 4 is 51.2 Å². The minimum Gasteiger partial charge on any atom is -0.298 e. The van der Waals surface area contributed by atoms with Gasteiger partial charge in [-0.05, 0) is 51.9 Å². The number of amides is 2. The van der Waals surface area contributed by atoms with Crippen molar-refractivity contribution in [2.75, 3.05) is 0 Å². The zero-order valence-corrected chi connectivity index (χ0v) is 14.9. The van der Waals surface area contributed by atoms with Crippen LogP contribution < -0.4 is 16.2 Å². The monoisotopic (exact) mass is 403 g/mol. The molecule has 0 aliphatic carbocycles. The number of rotatable bonds is 3. The molecule has 0 unspecified atom stereocenters. The van der Waals surface area contributed by atoms with Crippen LogP contribution in [0.1, 0.15) is 15.9 Å². The summed E-state index contributed by atoms with van der Waals surface area (Å²) in [5.74, 6) is -0.773. The molecule has 0 saturated heterocycles. The van der Waals surface area contributed by atoms with E-state index in [4.69, 9.17) is 12.2 Å². The minimum absolute atomic E-state index is 0.00175. The molecule has 0 bridgehead atoms. The highest BCUT2D eigenvalue weighted by molar-refractivity contribution is 9.10. The molecule has 122 valence electrons. The van der Waals surface area contributed by atoms with Gasteiger partial charge in [0.05, 0.1) is 5.56 Å². The summed E-state index contributed by atoms with van der Waals surface area (Å²) in [6.07, 6.45) is 3.02. The second-order valence-electron chi connectivity index (χ2n) is 4.62. The Bertz CT molecular complexity index is 778. The van der Waals surface area contributed by atoms with Crippen LogP contribution in [0.5, 0.6) is 0 Å². The maximum atomic E-state index is 12.0. The van der Waals surface area contributed by atoms with Gasteiger partial charge in [-0.15, -0.1) is 0 Å². The summed E-state index contributed by atoms with van der Waals surface area (Å²) >= 11 is 8.25. The van der Waals surface area contributed by atoms with Crippen molar-refractivity contribution in [1.82, 2.24) is 16.2 Å². The Kier molecular flexibility index (Phi) is 6.65. The number of carbonyl (C=O) groups excluding carboxylic acids is 2. The molecule has 0 fully saturated rings. The van der Waals surface area contributed by atoms with Crippen LogP contribution in [0, 0.1) is 0 Å². The SMILES string of the molecule is O=C(/C=C/c1ccccc1)NC(=S)NNC(=O)c1ccccc1Br. The molecule has 5 nitrogen and oxygen atoms in total. The molecule has 0 saturated carbocycles. The van der Waals surface area contributed by atoms with Gasteiger partial charge in [-0.1, -0.05) is 42.5 Å². The standard InChI is InChI=1S/C17H14BrN3O2S/c18-14-9-5-4-8-13(14)16(23)20-21-17(24)19-15(22)11-10-12-6-2-1-3-7-12/h1-11H,(H,20,23)(H2,19,21,22,24)/b11-10+. The Morgan fingerprint density at radius 3 is 2.33 bits per heavy atom. The van der Waals surface area contributed by atoms with Crippen molar-refractivity contribution in [2.24, 2.45) is 0 Å². The molecule has 2 rings (SSSR count). The summed E-state index contributed by atoms with van der Waals surface area (Å²) in [5, 5.41) is 2.44. The lowest BCUT2D eigenvalue weighted by molar-refractivity contribution is -0.115. The highest BCUT2D eigenvalue weighted by Gasteiger charge is 2.09. The number of carbonyl (C=O) groups is 2. The second kappa shape index (κ2) is 8.95. The fourth-order valence-electron chi connectivity index (χ4n) is 1.75. The largest absolute Gasteiger partial charge is 0.298 e. The summed E-state index contributed by atoms with van der Waals surface area (Å²) in [7, 11) is 0. The molecule has 0 spiro atoms. The van der Waals surface area contributed by atoms with Gasteiger partial charge in [-0.25, -0.2) is 0 Å². The first-order valence-corrected chi connectivity index (χ1v) is 8.15. The third kappa shape index (κ3) is 5.60. The molecule has 0 aromatic heterocycles. The lowest BCUT2D eigenvalue weighted by atomic mass is 10.2. The van der Waals surface area contributed by atoms with Crippen LogP contribution in [-0.2, 0) is 4.79 Å². The maximum Gasteiger partial charge on any atom is 0.270 e. The Morgan fingerprint density at radius 2 is 1.62 bits per heavy atom. The van der Waals surface area contributed by atoms with Crippen molar-refractivity contribution in [2.45, 2.75) is 0 Å². The van der Waals surface area contributed by atoms with E-state index in [1.54, 1.807) is 30.3 Å². The van der Waals surface area contributed by atoms with Crippen molar-refractivity contribution in [1.29, 1.82) is 0 Å². The molecule has 0 aliphatic heterocycles. The average Bonchev–Trinajstić information content (AvgIpc) is 2.59. The van der Waals surface area contributed by atoms with Gasteiger partial charge in [0.25, 0.3) is 5.91 Å². The fourth-order valence-corrected chi connectivity index (χ4v) is 2.36. The molecular formula is C17H14BrN3O2S. The van der Waals surface area contributed by atoms with E-state index in [1.165, 1.54) is 6.08 Å². The van der Waals surface area contributed by atoms with E-state index in [0.29, 0.717) is 10.0 Å². The first kappa shape index (κ1) is 17.8. The van der Waals surface area contributed by atoms with Gasteiger partial charge in [-0.2, -0.15) is 0 Å². The van der Waals surface area contributed by atoms with E-state index in [2.05, 4.69) is 32.1 Å². The number of hydrogen-bond donors (Lipinski definition) is 3. The highest BCUT2D eigenvalue weighted by atomic mass is 79.9. The second-order valence-corrected chi connectivity index (χ2v) is 5.88. The first-order chi connectivity index (χ1) is 11.6. The molecule has 0 radical (unpaired) electrons. The zero-order valence-electron chi connectivity index (χ0n) is 12.5. The van der Waals surface area contributed by atoms with Crippen LogP contribution >= 0.6 is 28.1 Å². The average molecular weight is 404 g/mol. The third-order valence-electron chi connectivity index (χ3n) is 2.87. The maximum absolute atomic E-state index is 12.0. The van der Waals surface area contributed by atoms with Crippen LogP contribution in [0.15, 0.2) is 65.1 Å². The molecule has 2 aromatic carbocycles. The lowest BCUT2D eigenvalue weighted by Crippen LogP contribution is -2.48. The number of nitrogens with one attached hydrogen (secondary N) is 3. The van der Waals surface area contributed by atoms with E-state index in [9.17, 15) is 9.59 Å². The highest BCUT2D eigenvalue weighted by Crippen LogP contribution is 2.15. The summed E-state index contributed by atoms with van der Waals surface area (Å²) in [6, 6.07) is 16.4. The number of hydrogen-bond acceptors (Lipinski definition) is 3. The minimum atomic E-state index is -0.397. The van der Waals surface area contributed by atoms with E-state index in [0.717, 1.165) is 5.56 Å². The van der Waals surface area contributed by atoms with Gasteiger partial charge in [0, 0.05) is 10.5 Å². The molecule has 2 aromatic rings. The van der Waals surface area contributed by atoms with Crippen LogP contribution in [0.4, 0.5) is 0 Å². The van der Waals surface area contributed by atoms with Gasteiger partial charge >= 0.3 is 0 Å². The molecule has 3 N–H and O–H groups in total. The Labute approximate surface area is 153 Å². The van der Waals surface area contributed by atoms with Crippen LogP contribution in [-0.4, -0.2) is 16.9 Å². The van der Waals surface area contributed by atoms with Crippen molar-refractivity contribution in [3.8, 4) is 0 Å². The molecular weight excluding hydrogens is 390 g/mol. The van der Waals surface area contributed by atoms with Crippen molar-refractivity contribution in [3.63, 3.8) is 0 Å². The van der Waals surface area contributed by atoms with Crippen molar-refractivity contribution < 1.29 is 9.59 Å². The van der Waals surface area contributed by atoms with Gasteiger partial charge in [-0.3, -0.25) is 25.8 Å². The third-order valence-corrected chi connectivity index (χ3v) is 3.77. The normalized spacial score (nSPS) is 10.2. The van der Waals surface area contributed by atoms with E-state index < -0.39 is 5.91 Å². The summed E-state index contributed by atoms with van der Waals surface area (Å²) in [6.45, 7) is 0. The molecule has 24 heavy (non-hydrogen) atoms. The molecule has 0 heterocycles. The topological polar surface area (TPSA) is 70.2 Å². The van der Waals surface area contributed by atoms with Gasteiger partial charge in [0.15, 0.2) is 5.11 Å². The van der Waals surface area contributed by atoms with E-state index in [-0.39, 0.29) is 11.0 Å². The first-order valence-electron chi connectivity index (χ1n) is 6.95. The molecule has 7 heteroatoms. The fraction of sp³-hybridized carbons (Fsp3) is 0. The number of halogens is 1. The lowest BCUT2D eigenvalue weighted by Gasteiger charge is -2.10. The predicted molar refractivity (Wildman–Crippen MR) is 101 cm³/mol. The molecule has 0 atom stereocenters. The Morgan fingerprint density at radius 1 is 0.958 bits per heavy atom. The zero-order chi connectivity index (χ0) is 17.4. The molecule has 0 aliphatic rings. The van der Waals surface area contributed by atoms with E-state index >= 15 is 0 Å². The predicted octanol–water partition coefficient (Wildman–Crippen LogP) is 2.80. The van der Waals surface area contributed by atoms with Gasteiger partial charge in [0.2, 0.25) is 5.91 Å². The summed E-state index contributed by atoms with van der Waals surface area (Å²) in [5.41, 5.74) is 6.25. The van der Waals surface area contributed by atoms with Crippen LogP contribution in [0.3, 0.4) is 0 Å². The number of thiocarbonyl (C=S) groups is 1. The summed E-state index contributed by atoms with van der Waals surface area (Å²) in [4.78, 5) is 23.7. The quantitative estimate of drug-likeness (QED) is 0.418.